The molecule has 0 radical (unpaired) electrons. The number of benzene rings is 2. The van der Waals surface area contributed by atoms with E-state index in [2.05, 4.69) is 27.4 Å². The highest BCUT2D eigenvalue weighted by atomic mass is 35.5. The van der Waals surface area contributed by atoms with Gasteiger partial charge in [-0.2, -0.15) is 15.8 Å². The number of nitrogens with one attached hydrogen (secondary N) is 1. The van der Waals surface area contributed by atoms with Gasteiger partial charge in [0.1, 0.15) is 5.92 Å². The minimum absolute atomic E-state index is 0.329. The third kappa shape index (κ3) is 3.91. The van der Waals surface area contributed by atoms with Gasteiger partial charge in [-0.25, -0.2) is 9.97 Å². The van der Waals surface area contributed by atoms with Gasteiger partial charge in [-0.3, -0.25) is 0 Å². The summed E-state index contributed by atoms with van der Waals surface area (Å²) in [7, 11) is 0. The van der Waals surface area contributed by atoms with Crippen LogP contribution < -0.4 is 5.32 Å². The minimum Gasteiger partial charge on any atom is -0.324 e. The van der Waals surface area contributed by atoms with E-state index in [1.54, 1.807) is 42.6 Å². The van der Waals surface area contributed by atoms with Crippen molar-refractivity contribution in [2.24, 2.45) is 0 Å². The Morgan fingerprint density at radius 1 is 1.00 bits per heavy atom. The van der Waals surface area contributed by atoms with Crippen molar-refractivity contribution >= 4 is 23.2 Å². The van der Waals surface area contributed by atoms with Gasteiger partial charge in [0.25, 0.3) is 0 Å². The van der Waals surface area contributed by atoms with E-state index in [1.165, 1.54) is 6.07 Å². The Labute approximate surface area is 167 Å². The van der Waals surface area contributed by atoms with E-state index in [1.807, 2.05) is 13.0 Å². The molecular formula is C21H13ClN6. The summed E-state index contributed by atoms with van der Waals surface area (Å²) in [6.07, 6.45) is 1.64. The van der Waals surface area contributed by atoms with Gasteiger partial charge < -0.3 is 5.32 Å². The number of hydrogen-bond acceptors (Lipinski definition) is 6. The molecule has 2 aromatic carbocycles. The zero-order valence-corrected chi connectivity index (χ0v) is 15.6. The van der Waals surface area contributed by atoms with Gasteiger partial charge in [0.15, 0.2) is 0 Å². The van der Waals surface area contributed by atoms with Crippen molar-refractivity contribution in [3.8, 4) is 18.2 Å². The molecule has 1 unspecified atom stereocenters. The van der Waals surface area contributed by atoms with E-state index in [0.717, 1.165) is 11.3 Å². The average Bonchev–Trinajstić information content (AvgIpc) is 2.72. The summed E-state index contributed by atoms with van der Waals surface area (Å²) in [5.74, 6) is -0.375. The molecule has 1 aromatic heterocycles. The van der Waals surface area contributed by atoms with E-state index in [-0.39, 0.29) is 0 Å². The summed E-state index contributed by atoms with van der Waals surface area (Å²) >= 11 is 6.29. The van der Waals surface area contributed by atoms with Crippen LogP contribution in [0, 0.1) is 40.9 Å². The molecule has 0 aliphatic rings. The van der Waals surface area contributed by atoms with Gasteiger partial charge >= 0.3 is 0 Å². The first kappa shape index (κ1) is 18.9. The van der Waals surface area contributed by atoms with Gasteiger partial charge in [-0.05, 0) is 54.4 Å². The van der Waals surface area contributed by atoms with Crippen molar-refractivity contribution in [1.29, 1.82) is 15.8 Å². The predicted molar refractivity (Wildman–Crippen MR) is 105 cm³/mol. The van der Waals surface area contributed by atoms with Crippen molar-refractivity contribution in [3.63, 3.8) is 0 Å². The second kappa shape index (κ2) is 8.18. The molecule has 3 aromatic rings. The van der Waals surface area contributed by atoms with Crippen molar-refractivity contribution in [1.82, 2.24) is 9.97 Å². The highest BCUT2D eigenvalue weighted by Crippen LogP contribution is 2.31. The maximum Gasteiger partial charge on any atom is 0.227 e. The van der Waals surface area contributed by atoms with Crippen LogP contribution in [-0.2, 0) is 0 Å². The Bertz CT molecular complexity index is 1150. The monoisotopic (exact) mass is 384 g/mol. The molecule has 3 rings (SSSR count). The molecule has 0 aliphatic heterocycles. The minimum atomic E-state index is -0.704. The predicted octanol–water partition coefficient (Wildman–Crippen LogP) is 4.58. The zero-order valence-electron chi connectivity index (χ0n) is 14.8. The Hall–Kier alpha value is -3.92. The molecular weight excluding hydrogens is 372 g/mol. The first-order valence-corrected chi connectivity index (χ1v) is 8.63. The first-order chi connectivity index (χ1) is 13.5. The Balaban J connectivity index is 1.96. The van der Waals surface area contributed by atoms with E-state index in [4.69, 9.17) is 22.1 Å². The number of nitrogens with zero attached hydrogens (tertiary/aromatic N) is 5. The van der Waals surface area contributed by atoms with Crippen molar-refractivity contribution in [3.05, 3.63) is 81.6 Å². The number of aromatic nitrogens is 2. The highest BCUT2D eigenvalue weighted by Gasteiger charge is 2.21. The van der Waals surface area contributed by atoms with Crippen LogP contribution in [0.1, 0.15) is 33.9 Å². The normalized spacial score (nSPS) is 11.0. The number of anilines is 2. The standard InChI is InChI=1S/C21H13ClN6/c1-13-12-26-21(27-16-5-2-14(9-23)3-6-16)28-20(13)18(11-25)17-7-4-15(10-24)8-19(17)22/h2-8,12,18H,1H3,(H,26,27,28). The molecule has 134 valence electrons. The Morgan fingerprint density at radius 2 is 1.68 bits per heavy atom. The summed E-state index contributed by atoms with van der Waals surface area (Å²) < 4.78 is 0. The summed E-state index contributed by atoms with van der Waals surface area (Å²) in [5.41, 5.74) is 3.55. The maximum absolute atomic E-state index is 9.76. The smallest absolute Gasteiger partial charge is 0.227 e. The number of hydrogen-bond donors (Lipinski definition) is 1. The van der Waals surface area contributed by atoms with Gasteiger partial charge in [0.2, 0.25) is 5.95 Å². The van der Waals surface area contributed by atoms with E-state index in [0.29, 0.717) is 33.4 Å². The van der Waals surface area contributed by atoms with Crippen molar-refractivity contribution < 1.29 is 0 Å². The number of rotatable bonds is 4. The second-order valence-electron chi connectivity index (χ2n) is 5.99. The molecule has 1 atom stereocenters. The van der Waals surface area contributed by atoms with Crippen LogP contribution in [0.4, 0.5) is 11.6 Å². The van der Waals surface area contributed by atoms with Crippen LogP contribution in [-0.4, -0.2) is 9.97 Å². The molecule has 0 aliphatic carbocycles. The fourth-order valence-corrected chi connectivity index (χ4v) is 2.96. The van der Waals surface area contributed by atoms with Crippen LogP contribution in [0.25, 0.3) is 0 Å². The van der Waals surface area contributed by atoms with Crippen LogP contribution in [0.15, 0.2) is 48.7 Å². The number of aryl methyl sites for hydroxylation is 1. The Morgan fingerprint density at radius 3 is 2.29 bits per heavy atom. The van der Waals surface area contributed by atoms with Crippen molar-refractivity contribution in [2.45, 2.75) is 12.8 Å². The SMILES string of the molecule is Cc1cnc(Nc2ccc(C#N)cc2)nc1C(C#N)c1ccc(C#N)cc1Cl. The molecule has 0 saturated carbocycles. The number of halogens is 1. The summed E-state index contributed by atoms with van der Waals surface area (Å²) in [6.45, 7) is 1.82. The van der Waals surface area contributed by atoms with Crippen LogP contribution in [0.2, 0.25) is 5.02 Å². The van der Waals surface area contributed by atoms with Gasteiger partial charge in [0.05, 0.1) is 35.0 Å². The van der Waals surface area contributed by atoms with E-state index >= 15 is 0 Å². The number of nitriles is 3. The largest absolute Gasteiger partial charge is 0.324 e. The fourth-order valence-electron chi connectivity index (χ4n) is 2.67. The maximum atomic E-state index is 9.76. The lowest BCUT2D eigenvalue weighted by Gasteiger charge is -2.15. The third-order valence-corrected chi connectivity index (χ3v) is 4.45. The van der Waals surface area contributed by atoms with Gasteiger partial charge in [0, 0.05) is 16.9 Å². The second-order valence-corrected chi connectivity index (χ2v) is 6.39. The molecule has 0 spiro atoms. The van der Waals surface area contributed by atoms with Gasteiger partial charge in [-0.15, -0.1) is 0 Å². The van der Waals surface area contributed by atoms with Crippen LogP contribution in [0.5, 0.6) is 0 Å². The topological polar surface area (TPSA) is 109 Å². The zero-order chi connectivity index (χ0) is 20.1. The molecule has 0 saturated heterocycles. The van der Waals surface area contributed by atoms with Crippen molar-refractivity contribution in [2.75, 3.05) is 5.32 Å². The molecule has 28 heavy (non-hydrogen) atoms. The summed E-state index contributed by atoms with van der Waals surface area (Å²) in [4.78, 5) is 8.77. The average molecular weight is 385 g/mol. The van der Waals surface area contributed by atoms with Crippen LogP contribution in [0.3, 0.4) is 0 Å². The molecule has 0 bridgehead atoms. The fraction of sp³-hybridized carbons (Fsp3) is 0.0952. The summed E-state index contributed by atoms with van der Waals surface area (Å²) in [6, 6.07) is 18.0. The quantitative estimate of drug-likeness (QED) is 0.704. The Kier molecular flexibility index (Phi) is 5.51. The molecule has 6 nitrogen and oxygen atoms in total. The lowest BCUT2D eigenvalue weighted by Crippen LogP contribution is -2.08. The van der Waals surface area contributed by atoms with E-state index < -0.39 is 5.92 Å². The molecule has 0 amide bonds. The molecule has 7 heteroatoms. The van der Waals surface area contributed by atoms with Gasteiger partial charge in [-0.1, -0.05) is 17.7 Å². The highest BCUT2D eigenvalue weighted by molar-refractivity contribution is 6.31. The molecule has 1 N–H and O–H groups in total. The lowest BCUT2D eigenvalue weighted by atomic mass is 9.93. The lowest BCUT2D eigenvalue weighted by molar-refractivity contribution is 0.926. The van der Waals surface area contributed by atoms with E-state index in [9.17, 15) is 5.26 Å². The molecule has 0 fully saturated rings. The molecule has 1 heterocycles. The summed E-state index contributed by atoms with van der Waals surface area (Å²) in [5, 5.41) is 31.1. The third-order valence-electron chi connectivity index (χ3n) is 4.12. The van der Waals surface area contributed by atoms with Crippen LogP contribution >= 0.6 is 11.6 Å². The first-order valence-electron chi connectivity index (χ1n) is 8.25.